The molecule has 26 heavy (non-hydrogen) atoms. The second-order valence-electron chi connectivity index (χ2n) is 7.81. The minimum absolute atomic E-state index is 0.00733. The Kier molecular flexibility index (Phi) is 4.39. The first kappa shape index (κ1) is 18.2. The van der Waals surface area contributed by atoms with Crippen LogP contribution in [0.15, 0.2) is 42.5 Å². The Hall–Kier alpha value is -2.62. The number of rotatable bonds is 3. The topological polar surface area (TPSA) is 52.6 Å². The minimum atomic E-state index is -0.331. The Labute approximate surface area is 154 Å². The summed E-state index contributed by atoms with van der Waals surface area (Å²) in [5.41, 5.74) is 3.36. The molecule has 0 N–H and O–H groups in total. The van der Waals surface area contributed by atoms with Gasteiger partial charge < -0.3 is 9.47 Å². The largest absolute Gasteiger partial charge is 0.427 e. The summed E-state index contributed by atoms with van der Waals surface area (Å²) in [6.07, 6.45) is 0.936. The SMILES string of the molecule is CC(=O)Oc1ccc([C@@]2(C)CC(C)(C)c3ccc(OC(C)=O)cc32)cc1. The van der Waals surface area contributed by atoms with Crippen LogP contribution in [-0.4, -0.2) is 11.9 Å². The standard InChI is InChI=1S/C22H24O4/c1-14(23)25-17-8-6-16(7-9-17)22(5)13-21(3,4)19-11-10-18(12-20(19)22)26-15(2)24/h6-12H,13H2,1-5H3/t22-/m1/s1. The fourth-order valence-corrected chi connectivity index (χ4v) is 4.19. The number of carbonyl (C=O) groups is 2. The maximum absolute atomic E-state index is 11.3. The number of ether oxygens (including phenoxy) is 2. The molecule has 4 heteroatoms. The molecule has 1 atom stereocenters. The summed E-state index contributed by atoms with van der Waals surface area (Å²) < 4.78 is 10.4. The van der Waals surface area contributed by atoms with Crippen molar-refractivity contribution in [3.63, 3.8) is 0 Å². The lowest BCUT2D eigenvalue weighted by Crippen LogP contribution is -2.23. The van der Waals surface area contributed by atoms with Gasteiger partial charge in [0, 0.05) is 19.3 Å². The van der Waals surface area contributed by atoms with Gasteiger partial charge in [-0.3, -0.25) is 9.59 Å². The summed E-state index contributed by atoms with van der Waals surface area (Å²) in [5.74, 6) is 0.449. The summed E-state index contributed by atoms with van der Waals surface area (Å²) in [6, 6.07) is 13.5. The Balaban J connectivity index is 2.05. The normalized spacial score (nSPS) is 20.3. The molecule has 0 saturated heterocycles. The fourth-order valence-electron chi connectivity index (χ4n) is 4.19. The van der Waals surface area contributed by atoms with Crippen LogP contribution in [0.3, 0.4) is 0 Å². The van der Waals surface area contributed by atoms with Crippen LogP contribution in [0.5, 0.6) is 11.5 Å². The molecule has 0 radical (unpaired) electrons. The zero-order valence-electron chi connectivity index (χ0n) is 15.9. The third-order valence-corrected chi connectivity index (χ3v) is 5.12. The van der Waals surface area contributed by atoms with Crippen LogP contribution < -0.4 is 9.47 Å². The molecule has 0 saturated carbocycles. The van der Waals surface area contributed by atoms with Gasteiger partial charge in [-0.15, -0.1) is 0 Å². The van der Waals surface area contributed by atoms with E-state index >= 15 is 0 Å². The van der Waals surface area contributed by atoms with Gasteiger partial charge in [-0.25, -0.2) is 0 Å². The average molecular weight is 352 g/mol. The summed E-state index contributed by atoms with van der Waals surface area (Å²) in [6.45, 7) is 9.47. The molecule has 0 aliphatic heterocycles. The Morgan fingerprint density at radius 2 is 1.35 bits per heavy atom. The predicted octanol–water partition coefficient (Wildman–Crippen LogP) is 4.52. The lowest BCUT2D eigenvalue weighted by atomic mass is 9.75. The molecule has 2 aromatic rings. The number of esters is 2. The van der Waals surface area contributed by atoms with E-state index in [1.807, 2.05) is 36.4 Å². The van der Waals surface area contributed by atoms with Gasteiger partial charge in [-0.2, -0.15) is 0 Å². The number of carbonyl (C=O) groups excluding carboxylic acids is 2. The first-order chi connectivity index (χ1) is 12.1. The molecular weight excluding hydrogens is 328 g/mol. The molecule has 0 fully saturated rings. The van der Waals surface area contributed by atoms with Gasteiger partial charge in [0.15, 0.2) is 0 Å². The van der Waals surface area contributed by atoms with Gasteiger partial charge in [-0.1, -0.05) is 39.0 Å². The van der Waals surface area contributed by atoms with Crippen molar-refractivity contribution in [1.29, 1.82) is 0 Å². The van der Waals surface area contributed by atoms with Crippen molar-refractivity contribution in [1.82, 2.24) is 0 Å². The van der Waals surface area contributed by atoms with E-state index in [2.05, 4.69) is 26.8 Å². The summed E-state index contributed by atoms with van der Waals surface area (Å²) in [4.78, 5) is 22.5. The van der Waals surface area contributed by atoms with Crippen LogP contribution in [0, 0.1) is 0 Å². The number of fused-ring (bicyclic) bond motifs is 1. The van der Waals surface area contributed by atoms with Crippen molar-refractivity contribution in [2.45, 2.75) is 51.9 Å². The van der Waals surface area contributed by atoms with Gasteiger partial charge in [0.2, 0.25) is 0 Å². The molecule has 0 aromatic heterocycles. The van der Waals surface area contributed by atoms with Crippen LogP contribution in [0.2, 0.25) is 0 Å². The van der Waals surface area contributed by atoms with Gasteiger partial charge in [-0.05, 0) is 52.8 Å². The second-order valence-corrected chi connectivity index (χ2v) is 7.81. The maximum Gasteiger partial charge on any atom is 0.308 e. The molecule has 2 aromatic carbocycles. The van der Waals surface area contributed by atoms with E-state index in [1.54, 1.807) is 0 Å². The predicted molar refractivity (Wildman–Crippen MR) is 99.6 cm³/mol. The summed E-state index contributed by atoms with van der Waals surface area (Å²) in [7, 11) is 0. The molecule has 1 aliphatic carbocycles. The highest BCUT2D eigenvalue weighted by Gasteiger charge is 2.45. The zero-order chi connectivity index (χ0) is 19.1. The lowest BCUT2D eigenvalue weighted by Gasteiger charge is -2.28. The summed E-state index contributed by atoms with van der Waals surface area (Å²) in [5, 5.41) is 0. The smallest absolute Gasteiger partial charge is 0.308 e. The monoisotopic (exact) mass is 352 g/mol. The Bertz CT molecular complexity index is 864. The van der Waals surface area contributed by atoms with E-state index in [0.29, 0.717) is 11.5 Å². The molecule has 0 amide bonds. The van der Waals surface area contributed by atoms with Crippen molar-refractivity contribution in [2.24, 2.45) is 0 Å². The van der Waals surface area contributed by atoms with Crippen molar-refractivity contribution >= 4 is 11.9 Å². The first-order valence-corrected chi connectivity index (χ1v) is 8.74. The van der Waals surface area contributed by atoms with Crippen molar-refractivity contribution in [3.05, 3.63) is 59.2 Å². The van der Waals surface area contributed by atoms with E-state index in [-0.39, 0.29) is 22.8 Å². The molecule has 136 valence electrons. The van der Waals surface area contributed by atoms with Crippen molar-refractivity contribution in [3.8, 4) is 11.5 Å². The van der Waals surface area contributed by atoms with Gasteiger partial charge in [0.25, 0.3) is 0 Å². The van der Waals surface area contributed by atoms with Crippen LogP contribution >= 0.6 is 0 Å². The highest BCUT2D eigenvalue weighted by atomic mass is 16.5. The number of hydrogen-bond donors (Lipinski definition) is 0. The quantitative estimate of drug-likeness (QED) is 0.602. The molecule has 0 unspecified atom stereocenters. The molecule has 1 aliphatic rings. The van der Waals surface area contributed by atoms with Gasteiger partial charge in [0.1, 0.15) is 11.5 Å². The molecule has 0 spiro atoms. The van der Waals surface area contributed by atoms with Gasteiger partial charge in [0.05, 0.1) is 0 Å². The number of benzene rings is 2. The maximum atomic E-state index is 11.3. The average Bonchev–Trinajstić information content (AvgIpc) is 2.74. The van der Waals surface area contributed by atoms with Crippen LogP contribution in [0.25, 0.3) is 0 Å². The van der Waals surface area contributed by atoms with Crippen LogP contribution in [0.1, 0.15) is 57.7 Å². The molecule has 0 bridgehead atoms. The molecular formula is C22H24O4. The van der Waals surface area contributed by atoms with Crippen molar-refractivity contribution in [2.75, 3.05) is 0 Å². The van der Waals surface area contributed by atoms with E-state index in [4.69, 9.17) is 9.47 Å². The van der Waals surface area contributed by atoms with E-state index in [1.165, 1.54) is 25.0 Å². The van der Waals surface area contributed by atoms with E-state index in [0.717, 1.165) is 12.0 Å². The zero-order valence-corrected chi connectivity index (χ0v) is 15.9. The van der Waals surface area contributed by atoms with Gasteiger partial charge >= 0.3 is 11.9 Å². The van der Waals surface area contributed by atoms with E-state index in [9.17, 15) is 9.59 Å². The third-order valence-electron chi connectivity index (χ3n) is 5.12. The fraction of sp³-hybridized carbons (Fsp3) is 0.364. The second kappa shape index (κ2) is 6.27. The van der Waals surface area contributed by atoms with Crippen LogP contribution in [-0.2, 0) is 20.4 Å². The molecule has 4 nitrogen and oxygen atoms in total. The first-order valence-electron chi connectivity index (χ1n) is 8.74. The van der Waals surface area contributed by atoms with E-state index < -0.39 is 0 Å². The lowest BCUT2D eigenvalue weighted by molar-refractivity contribution is -0.132. The molecule has 3 rings (SSSR count). The third kappa shape index (κ3) is 3.24. The minimum Gasteiger partial charge on any atom is -0.427 e. The highest BCUT2D eigenvalue weighted by molar-refractivity contribution is 5.70. The summed E-state index contributed by atoms with van der Waals surface area (Å²) >= 11 is 0. The van der Waals surface area contributed by atoms with Crippen LogP contribution in [0.4, 0.5) is 0 Å². The molecule has 0 heterocycles. The Morgan fingerprint density at radius 1 is 0.808 bits per heavy atom. The Morgan fingerprint density at radius 3 is 1.92 bits per heavy atom. The number of hydrogen-bond acceptors (Lipinski definition) is 4. The van der Waals surface area contributed by atoms with Crippen molar-refractivity contribution < 1.29 is 19.1 Å². The highest BCUT2D eigenvalue weighted by Crippen LogP contribution is 2.53.